The number of nitrogens with zero attached hydrogens (tertiary/aromatic N) is 5. The van der Waals surface area contributed by atoms with Gasteiger partial charge in [0.15, 0.2) is 0 Å². The minimum Gasteiger partial charge on any atom is -0.507 e. The van der Waals surface area contributed by atoms with Crippen LogP contribution in [-0.2, 0) is 11.2 Å². The van der Waals surface area contributed by atoms with Gasteiger partial charge in [-0.3, -0.25) is 9.59 Å². The van der Waals surface area contributed by atoms with E-state index in [2.05, 4.69) is 25.6 Å². The predicted octanol–water partition coefficient (Wildman–Crippen LogP) is 3.47. The molecule has 0 saturated carbocycles. The van der Waals surface area contributed by atoms with E-state index in [0.29, 0.717) is 16.9 Å². The molecule has 0 aliphatic heterocycles. The summed E-state index contributed by atoms with van der Waals surface area (Å²) in [4.78, 5) is 25.3. The number of azide groups is 1. The van der Waals surface area contributed by atoms with Crippen molar-refractivity contribution in [2.24, 2.45) is 15.3 Å². The molecule has 1 amide bonds. The number of azo groups is 1. The summed E-state index contributed by atoms with van der Waals surface area (Å²) < 4.78 is 0. The Morgan fingerprint density at radius 3 is 2.41 bits per heavy atom. The molecule has 0 bridgehead atoms. The number of nitrogens with one attached hydrogen (secondary N) is 1. The second-order valence-corrected chi connectivity index (χ2v) is 5.35. The lowest BCUT2D eigenvalue weighted by atomic mass is 10.1. The van der Waals surface area contributed by atoms with Crippen LogP contribution in [0.1, 0.15) is 15.9 Å². The summed E-state index contributed by atoms with van der Waals surface area (Å²) in [6.45, 7) is 0.233. The molecule has 2 aromatic carbocycles. The van der Waals surface area contributed by atoms with E-state index >= 15 is 0 Å². The van der Waals surface area contributed by atoms with Crippen LogP contribution in [0.3, 0.4) is 0 Å². The van der Waals surface area contributed by atoms with Crippen LogP contribution < -0.4 is 5.32 Å². The Morgan fingerprint density at radius 2 is 1.74 bits per heavy atom. The second-order valence-electron chi connectivity index (χ2n) is 5.35. The average molecular weight is 368 g/mol. The zero-order chi connectivity index (χ0) is 19.6. The molecule has 10 heteroatoms. The van der Waals surface area contributed by atoms with E-state index in [1.54, 1.807) is 24.3 Å². The van der Waals surface area contributed by atoms with Crippen LogP contribution in [0.15, 0.2) is 57.8 Å². The van der Waals surface area contributed by atoms with Gasteiger partial charge in [-0.05, 0) is 41.4 Å². The largest absolute Gasteiger partial charge is 0.507 e. The first-order chi connectivity index (χ1) is 13.0. The third-order valence-electron chi connectivity index (χ3n) is 3.36. The highest BCUT2D eigenvalue weighted by Gasteiger charge is 2.11. The van der Waals surface area contributed by atoms with Crippen molar-refractivity contribution in [1.29, 1.82) is 0 Å². The highest BCUT2D eigenvalue weighted by molar-refractivity contribution is 5.97. The van der Waals surface area contributed by atoms with Crippen LogP contribution >= 0.6 is 0 Å². The van der Waals surface area contributed by atoms with Gasteiger partial charge >= 0.3 is 5.97 Å². The molecule has 2 aromatic rings. The fraction of sp³-hybridized carbons (Fsp3) is 0.176. The topological polar surface area (TPSA) is 160 Å². The van der Waals surface area contributed by atoms with Gasteiger partial charge < -0.3 is 15.5 Å². The summed E-state index contributed by atoms with van der Waals surface area (Å²) in [6.07, 6.45) is -0.0759. The van der Waals surface area contributed by atoms with Crippen LogP contribution in [-0.4, -0.2) is 35.2 Å². The molecular weight excluding hydrogens is 352 g/mol. The number of phenolic OH excluding ortho intramolecular Hbond substituents is 1. The number of benzene rings is 2. The van der Waals surface area contributed by atoms with Gasteiger partial charge in [0.05, 0.1) is 23.4 Å². The Balaban J connectivity index is 2.08. The Bertz CT molecular complexity index is 904. The number of hydrogen-bond donors (Lipinski definition) is 3. The zero-order valence-corrected chi connectivity index (χ0v) is 14.1. The molecule has 0 radical (unpaired) electrons. The summed E-state index contributed by atoms with van der Waals surface area (Å²) in [5.74, 6) is -1.66. The van der Waals surface area contributed by atoms with E-state index in [0.717, 1.165) is 0 Å². The Hall–Kier alpha value is -3.91. The zero-order valence-electron chi connectivity index (χ0n) is 14.1. The summed E-state index contributed by atoms with van der Waals surface area (Å²) in [5.41, 5.74) is 9.72. The quantitative estimate of drug-likeness (QED) is 0.282. The minimum atomic E-state index is -0.918. The molecular formula is C17H16N6O4. The summed E-state index contributed by atoms with van der Waals surface area (Å²) in [6, 6.07) is 10.7. The summed E-state index contributed by atoms with van der Waals surface area (Å²) >= 11 is 0. The lowest BCUT2D eigenvalue weighted by Crippen LogP contribution is -2.25. The number of aromatic hydroxyl groups is 1. The van der Waals surface area contributed by atoms with Gasteiger partial charge in [0.1, 0.15) is 5.75 Å². The summed E-state index contributed by atoms with van der Waals surface area (Å²) in [7, 11) is 0. The van der Waals surface area contributed by atoms with Gasteiger partial charge in [0, 0.05) is 18.0 Å². The number of rotatable bonds is 8. The number of aliphatic carboxylic acids is 1. The van der Waals surface area contributed by atoms with Gasteiger partial charge in [-0.25, -0.2) is 0 Å². The maximum absolute atomic E-state index is 12.1. The fourth-order valence-corrected chi connectivity index (χ4v) is 2.10. The molecule has 3 N–H and O–H groups in total. The number of carbonyl (C=O) groups excluding carboxylic acids is 1. The lowest BCUT2D eigenvalue weighted by molar-refractivity contribution is -0.136. The first kappa shape index (κ1) is 19.4. The molecule has 27 heavy (non-hydrogen) atoms. The van der Waals surface area contributed by atoms with Crippen molar-refractivity contribution in [3.8, 4) is 5.75 Å². The van der Waals surface area contributed by atoms with E-state index in [4.69, 9.17) is 10.6 Å². The molecule has 0 aromatic heterocycles. The predicted molar refractivity (Wildman–Crippen MR) is 96.4 cm³/mol. The normalized spacial score (nSPS) is 10.4. The maximum atomic E-state index is 12.1. The highest BCUT2D eigenvalue weighted by Crippen LogP contribution is 2.25. The molecule has 2 rings (SSSR count). The molecule has 0 fully saturated rings. The number of hydrogen-bond acceptors (Lipinski definition) is 6. The van der Waals surface area contributed by atoms with Crippen molar-refractivity contribution in [2.45, 2.75) is 6.42 Å². The fourth-order valence-electron chi connectivity index (χ4n) is 2.10. The number of amides is 1. The van der Waals surface area contributed by atoms with E-state index in [1.165, 1.54) is 18.2 Å². The number of phenols is 1. The van der Waals surface area contributed by atoms with E-state index in [1.807, 2.05) is 0 Å². The van der Waals surface area contributed by atoms with Crippen molar-refractivity contribution in [3.05, 3.63) is 64.0 Å². The van der Waals surface area contributed by atoms with Crippen molar-refractivity contribution >= 4 is 23.3 Å². The van der Waals surface area contributed by atoms with E-state index in [9.17, 15) is 14.7 Å². The smallest absolute Gasteiger partial charge is 0.307 e. The van der Waals surface area contributed by atoms with E-state index < -0.39 is 11.9 Å². The van der Waals surface area contributed by atoms with Gasteiger partial charge in [-0.1, -0.05) is 17.2 Å². The first-order valence-electron chi connectivity index (χ1n) is 7.84. The van der Waals surface area contributed by atoms with Gasteiger partial charge in [-0.2, -0.15) is 10.2 Å². The number of carboxylic acid groups (broad SMARTS) is 1. The monoisotopic (exact) mass is 368 g/mol. The standard InChI is InChI=1S/C17H16N6O4/c18-23-20-8-7-19-17(27)14-10-13(5-6-15(14)24)22-21-12-3-1-11(2-4-12)9-16(25)26/h1-6,10,24H,7-9H2,(H,19,27)(H,25,26)/b22-21+. The Labute approximate surface area is 153 Å². The highest BCUT2D eigenvalue weighted by atomic mass is 16.4. The third-order valence-corrected chi connectivity index (χ3v) is 3.36. The van der Waals surface area contributed by atoms with Crippen LogP contribution in [0.25, 0.3) is 10.4 Å². The Morgan fingerprint density at radius 1 is 1.07 bits per heavy atom. The molecule has 0 heterocycles. The maximum Gasteiger partial charge on any atom is 0.307 e. The molecule has 10 nitrogen and oxygen atoms in total. The van der Waals surface area contributed by atoms with Crippen molar-refractivity contribution in [3.63, 3.8) is 0 Å². The van der Waals surface area contributed by atoms with Crippen LogP contribution in [0.4, 0.5) is 11.4 Å². The van der Waals surface area contributed by atoms with Gasteiger partial charge in [0.25, 0.3) is 5.91 Å². The Kier molecular flexibility index (Phi) is 6.86. The summed E-state index contributed by atoms with van der Waals surface area (Å²) in [5, 5.41) is 32.4. The van der Waals surface area contributed by atoms with Crippen molar-refractivity contribution in [2.75, 3.05) is 13.1 Å². The van der Waals surface area contributed by atoms with Crippen molar-refractivity contribution in [1.82, 2.24) is 5.32 Å². The molecule has 0 aliphatic carbocycles. The van der Waals surface area contributed by atoms with Crippen molar-refractivity contribution < 1.29 is 19.8 Å². The SMILES string of the molecule is [N-]=[N+]=NCCNC(=O)c1cc(/N=N/c2ccc(CC(=O)O)cc2)ccc1O. The van der Waals surface area contributed by atoms with Crippen LogP contribution in [0.2, 0.25) is 0 Å². The van der Waals surface area contributed by atoms with Gasteiger partial charge in [-0.15, -0.1) is 0 Å². The first-order valence-corrected chi connectivity index (χ1v) is 7.84. The van der Waals surface area contributed by atoms with Crippen LogP contribution in [0, 0.1) is 0 Å². The van der Waals surface area contributed by atoms with E-state index in [-0.39, 0.29) is 30.8 Å². The minimum absolute atomic E-state index is 0.0178. The second kappa shape index (κ2) is 9.54. The molecule has 0 saturated heterocycles. The number of carbonyl (C=O) groups is 2. The number of carboxylic acids is 1. The third kappa shape index (κ3) is 6.15. The average Bonchev–Trinajstić information content (AvgIpc) is 2.65. The molecule has 0 atom stereocenters. The molecule has 0 unspecified atom stereocenters. The molecule has 0 spiro atoms. The van der Waals surface area contributed by atoms with Crippen LogP contribution in [0.5, 0.6) is 5.75 Å². The molecule has 0 aliphatic rings. The lowest BCUT2D eigenvalue weighted by Gasteiger charge is -2.06. The molecule has 138 valence electrons. The van der Waals surface area contributed by atoms with Gasteiger partial charge in [0.2, 0.25) is 0 Å².